The van der Waals surface area contributed by atoms with E-state index in [0.717, 1.165) is 0 Å². The molecule has 0 aliphatic carbocycles. The van der Waals surface area contributed by atoms with Crippen molar-refractivity contribution < 1.29 is 13.9 Å². The SMILES string of the molecule is CC(NC(=O)[C@H]1NCCO[C@@H]1C)c1c(F)cccc1Cl.Cl. The van der Waals surface area contributed by atoms with E-state index >= 15 is 0 Å². The fraction of sp³-hybridized carbons (Fsp3) is 0.500. The molecule has 0 aromatic heterocycles. The third kappa shape index (κ3) is 4.30. The Bertz CT molecular complexity index is 482. The molecule has 118 valence electrons. The second-order valence-electron chi connectivity index (χ2n) is 4.87. The maximum absolute atomic E-state index is 13.8. The standard InChI is InChI=1S/C14H18ClFN2O2.ClH/c1-8(12-10(15)4-3-5-11(12)16)18-14(19)13-9(2)20-7-6-17-13;/h3-5,8-9,13,17H,6-7H2,1-2H3,(H,18,19);1H/t8?,9-,13+;/m1./s1. The number of amides is 1. The maximum Gasteiger partial charge on any atom is 0.240 e. The fourth-order valence-corrected chi connectivity index (χ4v) is 2.65. The van der Waals surface area contributed by atoms with Crippen LogP contribution in [-0.2, 0) is 9.53 Å². The topological polar surface area (TPSA) is 50.4 Å². The Kier molecular flexibility index (Phi) is 6.87. The highest BCUT2D eigenvalue weighted by Gasteiger charge is 2.29. The van der Waals surface area contributed by atoms with Crippen molar-refractivity contribution >= 4 is 29.9 Å². The third-order valence-corrected chi connectivity index (χ3v) is 3.72. The first kappa shape index (κ1) is 18.2. The summed E-state index contributed by atoms with van der Waals surface area (Å²) in [4.78, 5) is 12.2. The average molecular weight is 337 g/mol. The summed E-state index contributed by atoms with van der Waals surface area (Å²) < 4.78 is 19.2. The lowest BCUT2D eigenvalue weighted by molar-refractivity contribution is -0.129. The number of nitrogens with one attached hydrogen (secondary N) is 2. The van der Waals surface area contributed by atoms with Gasteiger partial charge in [-0.15, -0.1) is 12.4 Å². The van der Waals surface area contributed by atoms with Crippen molar-refractivity contribution in [3.8, 4) is 0 Å². The molecule has 1 aliphatic rings. The van der Waals surface area contributed by atoms with Crippen LogP contribution in [0.2, 0.25) is 5.02 Å². The van der Waals surface area contributed by atoms with Gasteiger partial charge in [-0.25, -0.2) is 4.39 Å². The lowest BCUT2D eigenvalue weighted by Crippen LogP contribution is -2.55. The molecule has 0 bridgehead atoms. The largest absolute Gasteiger partial charge is 0.375 e. The van der Waals surface area contributed by atoms with Gasteiger partial charge in [0.1, 0.15) is 11.9 Å². The van der Waals surface area contributed by atoms with Gasteiger partial charge in [-0.05, 0) is 26.0 Å². The highest BCUT2D eigenvalue weighted by molar-refractivity contribution is 6.31. The van der Waals surface area contributed by atoms with E-state index in [1.54, 1.807) is 13.0 Å². The second kappa shape index (κ2) is 7.94. The van der Waals surface area contributed by atoms with E-state index in [1.165, 1.54) is 12.1 Å². The summed E-state index contributed by atoms with van der Waals surface area (Å²) in [6.07, 6.45) is -0.216. The molecule has 7 heteroatoms. The van der Waals surface area contributed by atoms with Crippen LogP contribution in [0, 0.1) is 5.82 Å². The van der Waals surface area contributed by atoms with Gasteiger partial charge in [0.15, 0.2) is 0 Å². The lowest BCUT2D eigenvalue weighted by atomic mass is 10.1. The average Bonchev–Trinajstić information content (AvgIpc) is 2.38. The van der Waals surface area contributed by atoms with Crippen LogP contribution in [0.3, 0.4) is 0 Å². The molecule has 0 saturated carbocycles. The van der Waals surface area contributed by atoms with Crippen LogP contribution < -0.4 is 10.6 Å². The second-order valence-corrected chi connectivity index (χ2v) is 5.28. The third-order valence-electron chi connectivity index (χ3n) is 3.39. The fourth-order valence-electron chi connectivity index (χ4n) is 2.33. The van der Waals surface area contributed by atoms with Crippen LogP contribution in [0.1, 0.15) is 25.5 Å². The van der Waals surface area contributed by atoms with E-state index in [-0.39, 0.29) is 24.4 Å². The zero-order chi connectivity index (χ0) is 14.7. The van der Waals surface area contributed by atoms with Crippen molar-refractivity contribution in [2.45, 2.75) is 32.0 Å². The van der Waals surface area contributed by atoms with Gasteiger partial charge < -0.3 is 15.4 Å². The number of carbonyl (C=O) groups is 1. The van der Waals surface area contributed by atoms with Crippen molar-refractivity contribution in [3.05, 3.63) is 34.6 Å². The summed E-state index contributed by atoms with van der Waals surface area (Å²) in [6, 6.07) is 3.53. The Morgan fingerprint density at radius 1 is 1.57 bits per heavy atom. The summed E-state index contributed by atoms with van der Waals surface area (Å²) in [5, 5.41) is 6.17. The minimum Gasteiger partial charge on any atom is -0.375 e. The maximum atomic E-state index is 13.8. The van der Waals surface area contributed by atoms with Gasteiger partial charge in [0.05, 0.1) is 18.8 Å². The monoisotopic (exact) mass is 336 g/mol. The number of benzene rings is 1. The van der Waals surface area contributed by atoms with Crippen LogP contribution in [0.4, 0.5) is 4.39 Å². The van der Waals surface area contributed by atoms with Crippen LogP contribution in [0.15, 0.2) is 18.2 Å². The summed E-state index contributed by atoms with van der Waals surface area (Å²) in [5.41, 5.74) is 0.298. The van der Waals surface area contributed by atoms with Crippen molar-refractivity contribution in [3.63, 3.8) is 0 Å². The molecule has 2 N–H and O–H groups in total. The van der Waals surface area contributed by atoms with Gasteiger partial charge in [0.2, 0.25) is 5.91 Å². The Balaban J connectivity index is 0.00000220. The first-order chi connectivity index (χ1) is 9.50. The lowest BCUT2D eigenvalue weighted by Gasteiger charge is -2.30. The molecule has 1 amide bonds. The zero-order valence-electron chi connectivity index (χ0n) is 11.9. The van der Waals surface area contributed by atoms with E-state index in [4.69, 9.17) is 16.3 Å². The smallest absolute Gasteiger partial charge is 0.240 e. The molecule has 21 heavy (non-hydrogen) atoms. The first-order valence-electron chi connectivity index (χ1n) is 6.60. The highest BCUT2D eigenvalue weighted by atomic mass is 35.5. The number of hydrogen-bond acceptors (Lipinski definition) is 3. The predicted molar refractivity (Wildman–Crippen MR) is 82.4 cm³/mol. The zero-order valence-corrected chi connectivity index (χ0v) is 13.4. The van der Waals surface area contributed by atoms with E-state index in [0.29, 0.717) is 23.7 Å². The van der Waals surface area contributed by atoms with E-state index < -0.39 is 17.9 Å². The summed E-state index contributed by atoms with van der Waals surface area (Å²) >= 11 is 5.99. The number of ether oxygens (including phenoxy) is 1. The van der Waals surface area contributed by atoms with Crippen LogP contribution in [0.5, 0.6) is 0 Å². The van der Waals surface area contributed by atoms with Gasteiger partial charge in [0, 0.05) is 17.1 Å². The van der Waals surface area contributed by atoms with E-state index in [9.17, 15) is 9.18 Å². The molecule has 4 nitrogen and oxygen atoms in total. The number of hydrogen-bond donors (Lipinski definition) is 2. The van der Waals surface area contributed by atoms with E-state index in [1.807, 2.05) is 6.92 Å². The number of carbonyl (C=O) groups excluding carboxylic acids is 1. The summed E-state index contributed by atoms with van der Waals surface area (Å²) in [6.45, 7) is 4.74. The highest BCUT2D eigenvalue weighted by Crippen LogP contribution is 2.25. The normalized spacial score (nSPS) is 23.0. The van der Waals surface area contributed by atoms with Gasteiger partial charge in [-0.2, -0.15) is 0 Å². The molecule has 1 aromatic carbocycles. The number of rotatable bonds is 3. The van der Waals surface area contributed by atoms with Gasteiger partial charge in [-0.1, -0.05) is 17.7 Å². The molecule has 3 atom stereocenters. The van der Waals surface area contributed by atoms with Crippen LogP contribution >= 0.6 is 24.0 Å². The minimum absolute atomic E-state index is 0. The molecule has 0 radical (unpaired) electrons. The molecule has 1 heterocycles. The molecule has 2 rings (SSSR count). The quantitative estimate of drug-likeness (QED) is 0.891. The van der Waals surface area contributed by atoms with Crippen molar-refractivity contribution in [2.75, 3.05) is 13.2 Å². The van der Waals surface area contributed by atoms with E-state index in [2.05, 4.69) is 10.6 Å². The Morgan fingerprint density at radius 3 is 2.90 bits per heavy atom. The van der Waals surface area contributed by atoms with Gasteiger partial charge in [0.25, 0.3) is 0 Å². The van der Waals surface area contributed by atoms with Crippen molar-refractivity contribution in [1.82, 2.24) is 10.6 Å². The van der Waals surface area contributed by atoms with Gasteiger partial charge >= 0.3 is 0 Å². The minimum atomic E-state index is -0.507. The van der Waals surface area contributed by atoms with Crippen LogP contribution in [-0.4, -0.2) is 31.2 Å². The molecule has 1 saturated heterocycles. The number of halogens is 3. The molecule has 1 aliphatic heterocycles. The Hall–Kier alpha value is -0.880. The molecule has 1 fully saturated rings. The summed E-state index contributed by atoms with van der Waals surface area (Å²) in [5.74, 6) is -0.643. The molecule has 1 unspecified atom stereocenters. The summed E-state index contributed by atoms with van der Waals surface area (Å²) in [7, 11) is 0. The number of morpholine rings is 1. The van der Waals surface area contributed by atoms with Crippen LogP contribution in [0.25, 0.3) is 0 Å². The molecular formula is C14H19Cl2FN2O2. The van der Waals surface area contributed by atoms with Crippen molar-refractivity contribution in [1.29, 1.82) is 0 Å². The Morgan fingerprint density at radius 2 is 2.29 bits per heavy atom. The predicted octanol–water partition coefficient (Wildman–Crippen LogP) is 2.46. The molecular weight excluding hydrogens is 318 g/mol. The Labute approximate surface area is 134 Å². The molecule has 1 aromatic rings. The first-order valence-corrected chi connectivity index (χ1v) is 6.97. The molecule has 0 spiro atoms. The van der Waals surface area contributed by atoms with Crippen molar-refractivity contribution in [2.24, 2.45) is 0 Å². The van der Waals surface area contributed by atoms with Gasteiger partial charge in [-0.3, -0.25) is 4.79 Å².